The molecule has 0 aliphatic heterocycles. The Hall–Kier alpha value is -1.59. The van der Waals surface area contributed by atoms with Gasteiger partial charge in [0.05, 0.1) is 7.11 Å². The van der Waals surface area contributed by atoms with E-state index < -0.39 is 0 Å². The van der Waals surface area contributed by atoms with Crippen LogP contribution in [0.2, 0.25) is 0 Å². The third kappa shape index (κ3) is 4.21. The number of hydrogen-bond donors (Lipinski definition) is 2. The van der Waals surface area contributed by atoms with Gasteiger partial charge in [-0.05, 0) is 40.8 Å². The van der Waals surface area contributed by atoms with Crippen LogP contribution in [0.1, 0.15) is 13.8 Å². The summed E-state index contributed by atoms with van der Waals surface area (Å²) in [5.74, 6) is 1.21. The van der Waals surface area contributed by atoms with Gasteiger partial charge in [0.2, 0.25) is 0 Å². The Kier molecular flexibility index (Phi) is 6.20. The van der Waals surface area contributed by atoms with Gasteiger partial charge in [-0.1, -0.05) is 25.6 Å². The standard InChI is InChI=1S/C17H21IN6OS/c1-10(2)20-6-7-24-16-14(15(19)21-9-22-16)23-17(24)26-13-8-11(25-3)4-5-12(13)18/h4-5,8-10,20H,6-7H2,1-3H3,(H2,19,21,22). The molecule has 0 aliphatic rings. The number of nitrogens with two attached hydrogens (primary N) is 1. The maximum atomic E-state index is 6.01. The zero-order chi connectivity index (χ0) is 18.7. The van der Waals surface area contributed by atoms with E-state index in [1.165, 1.54) is 6.33 Å². The lowest BCUT2D eigenvalue weighted by Gasteiger charge is -2.12. The van der Waals surface area contributed by atoms with Gasteiger partial charge in [-0.2, -0.15) is 0 Å². The normalized spacial score (nSPS) is 11.4. The van der Waals surface area contributed by atoms with Gasteiger partial charge < -0.3 is 20.4 Å². The highest BCUT2D eigenvalue weighted by atomic mass is 127. The number of rotatable bonds is 7. The molecule has 3 aromatic rings. The lowest BCUT2D eigenvalue weighted by atomic mass is 10.3. The van der Waals surface area contributed by atoms with E-state index in [9.17, 15) is 0 Å². The number of ether oxygens (including phenoxy) is 1. The molecular weight excluding hydrogens is 463 g/mol. The molecule has 3 N–H and O–H groups in total. The van der Waals surface area contributed by atoms with Crippen LogP contribution in [0.5, 0.6) is 5.75 Å². The minimum Gasteiger partial charge on any atom is -0.497 e. The van der Waals surface area contributed by atoms with E-state index in [2.05, 4.69) is 56.3 Å². The average molecular weight is 484 g/mol. The molecule has 0 unspecified atom stereocenters. The fourth-order valence-electron chi connectivity index (χ4n) is 2.47. The van der Waals surface area contributed by atoms with Crippen molar-refractivity contribution < 1.29 is 4.74 Å². The second-order valence-electron chi connectivity index (χ2n) is 5.98. The minimum absolute atomic E-state index is 0.396. The van der Waals surface area contributed by atoms with Gasteiger partial charge in [0.25, 0.3) is 0 Å². The summed E-state index contributed by atoms with van der Waals surface area (Å²) in [6, 6.07) is 6.41. The summed E-state index contributed by atoms with van der Waals surface area (Å²) < 4.78 is 8.57. The predicted molar refractivity (Wildman–Crippen MR) is 113 cm³/mol. The van der Waals surface area contributed by atoms with Crippen molar-refractivity contribution in [1.29, 1.82) is 0 Å². The highest BCUT2D eigenvalue weighted by Gasteiger charge is 2.17. The second kappa shape index (κ2) is 8.40. The summed E-state index contributed by atoms with van der Waals surface area (Å²) in [5, 5.41) is 4.27. The molecule has 0 fully saturated rings. The third-order valence-corrected chi connectivity index (χ3v) is 6.11. The molecule has 0 atom stereocenters. The van der Waals surface area contributed by atoms with Gasteiger partial charge in [-0.15, -0.1) is 0 Å². The maximum absolute atomic E-state index is 6.01. The van der Waals surface area contributed by atoms with Crippen LogP contribution in [-0.4, -0.2) is 39.2 Å². The molecule has 7 nitrogen and oxygen atoms in total. The number of aromatic nitrogens is 4. The van der Waals surface area contributed by atoms with Crippen molar-refractivity contribution in [2.45, 2.75) is 36.5 Å². The van der Waals surface area contributed by atoms with Gasteiger partial charge in [-0.25, -0.2) is 15.0 Å². The van der Waals surface area contributed by atoms with Crippen LogP contribution in [0.25, 0.3) is 11.2 Å². The summed E-state index contributed by atoms with van der Waals surface area (Å²) in [7, 11) is 1.67. The lowest BCUT2D eigenvalue weighted by molar-refractivity contribution is 0.413. The molecule has 0 aliphatic carbocycles. The van der Waals surface area contributed by atoms with Crippen LogP contribution in [0.15, 0.2) is 34.6 Å². The van der Waals surface area contributed by atoms with Crippen LogP contribution in [0.4, 0.5) is 5.82 Å². The summed E-state index contributed by atoms with van der Waals surface area (Å²) in [5.41, 5.74) is 7.40. The van der Waals surface area contributed by atoms with E-state index in [0.717, 1.165) is 38.1 Å². The van der Waals surface area contributed by atoms with Crippen molar-refractivity contribution in [2.24, 2.45) is 0 Å². The molecule has 0 saturated carbocycles. The quantitative estimate of drug-likeness (QED) is 0.498. The Labute approximate surface area is 170 Å². The van der Waals surface area contributed by atoms with E-state index in [0.29, 0.717) is 17.4 Å². The molecule has 0 amide bonds. The number of nitrogen functional groups attached to an aromatic ring is 1. The van der Waals surface area contributed by atoms with E-state index in [-0.39, 0.29) is 0 Å². The first-order valence-corrected chi connectivity index (χ1v) is 10.1. The molecule has 2 aromatic heterocycles. The monoisotopic (exact) mass is 484 g/mol. The van der Waals surface area contributed by atoms with Crippen molar-refractivity contribution >= 4 is 51.3 Å². The van der Waals surface area contributed by atoms with E-state index in [1.807, 2.05) is 18.2 Å². The molecule has 138 valence electrons. The minimum atomic E-state index is 0.396. The average Bonchev–Trinajstić information content (AvgIpc) is 2.96. The lowest BCUT2D eigenvalue weighted by Crippen LogP contribution is -2.26. The Balaban J connectivity index is 2.00. The first kappa shape index (κ1) is 19.2. The van der Waals surface area contributed by atoms with Crippen molar-refractivity contribution in [3.05, 3.63) is 28.1 Å². The third-order valence-electron chi connectivity index (χ3n) is 3.75. The van der Waals surface area contributed by atoms with Gasteiger partial charge in [0, 0.05) is 27.6 Å². The molecule has 0 saturated heterocycles. The number of anilines is 1. The number of nitrogens with one attached hydrogen (secondary N) is 1. The summed E-state index contributed by atoms with van der Waals surface area (Å²) in [4.78, 5) is 14.2. The molecule has 2 heterocycles. The van der Waals surface area contributed by atoms with Crippen LogP contribution >= 0.6 is 34.4 Å². The zero-order valence-corrected chi connectivity index (χ0v) is 17.8. The SMILES string of the molecule is COc1ccc(I)c(Sc2nc3c(N)ncnc3n2CCNC(C)C)c1. The highest BCUT2D eigenvalue weighted by molar-refractivity contribution is 14.1. The summed E-state index contributed by atoms with van der Waals surface area (Å²) in [6.07, 6.45) is 1.48. The van der Waals surface area contributed by atoms with E-state index in [4.69, 9.17) is 15.5 Å². The Morgan fingerprint density at radius 3 is 2.88 bits per heavy atom. The van der Waals surface area contributed by atoms with Crippen molar-refractivity contribution in [1.82, 2.24) is 24.8 Å². The van der Waals surface area contributed by atoms with E-state index in [1.54, 1.807) is 18.9 Å². The van der Waals surface area contributed by atoms with Crippen LogP contribution in [0.3, 0.4) is 0 Å². The zero-order valence-electron chi connectivity index (χ0n) is 14.9. The molecule has 1 aromatic carbocycles. The predicted octanol–water partition coefficient (Wildman–Crippen LogP) is 3.17. The van der Waals surface area contributed by atoms with Gasteiger partial charge in [-0.3, -0.25) is 0 Å². The Bertz CT molecular complexity index is 914. The van der Waals surface area contributed by atoms with Gasteiger partial charge in [0.1, 0.15) is 12.1 Å². The number of nitrogens with zero attached hydrogens (tertiary/aromatic N) is 4. The smallest absolute Gasteiger partial charge is 0.175 e. The molecule has 0 spiro atoms. The number of halogens is 1. The fraction of sp³-hybridized carbons (Fsp3) is 0.353. The van der Waals surface area contributed by atoms with Crippen molar-refractivity contribution in [3.63, 3.8) is 0 Å². The van der Waals surface area contributed by atoms with Crippen LogP contribution < -0.4 is 15.8 Å². The fourth-order valence-corrected chi connectivity index (χ4v) is 4.09. The number of hydrogen-bond acceptors (Lipinski definition) is 7. The second-order valence-corrected chi connectivity index (χ2v) is 8.16. The summed E-state index contributed by atoms with van der Waals surface area (Å²) in [6.45, 7) is 5.81. The Morgan fingerprint density at radius 2 is 2.15 bits per heavy atom. The van der Waals surface area contributed by atoms with E-state index >= 15 is 0 Å². The molecule has 9 heteroatoms. The van der Waals surface area contributed by atoms with Crippen molar-refractivity contribution in [3.8, 4) is 5.75 Å². The molecule has 26 heavy (non-hydrogen) atoms. The largest absolute Gasteiger partial charge is 0.497 e. The maximum Gasteiger partial charge on any atom is 0.175 e. The molecule has 0 bridgehead atoms. The van der Waals surface area contributed by atoms with Gasteiger partial charge in [0.15, 0.2) is 22.1 Å². The van der Waals surface area contributed by atoms with Gasteiger partial charge >= 0.3 is 0 Å². The topological polar surface area (TPSA) is 90.9 Å². The number of methoxy groups -OCH3 is 1. The number of benzene rings is 1. The van der Waals surface area contributed by atoms with Crippen molar-refractivity contribution in [2.75, 3.05) is 19.4 Å². The highest BCUT2D eigenvalue weighted by Crippen LogP contribution is 2.35. The summed E-state index contributed by atoms with van der Waals surface area (Å²) >= 11 is 3.89. The molecule has 0 radical (unpaired) electrons. The molecule has 3 rings (SSSR count). The number of imidazole rings is 1. The Morgan fingerprint density at radius 1 is 1.35 bits per heavy atom. The first-order chi connectivity index (χ1) is 12.5. The first-order valence-electron chi connectivity index (χ1n) is 8.21. The molecular formula is C17H21IN6OS. The van der Waals surface area contributed by atoms with Crippen LogP contribution in [-0.2, 0) is 6.54 Å². The van der Waals surface area contributed by atoms with Crippen LogP contribution in [0, 0.1) is 3.57 Å². The number of fused-ring (bicyclic) bond motifs is 1.